The average Bonchev–Trinajstić information content (AvgIpc) is 3.25. The second-order valence-electron chi connectivity index (χ2n) is 10.7. The summed E-state index contributed by atoms with van der Waals surface area (Å²) in [5.41, 5.74) is 0.370. The Balaban J connectivity index is 1.39. The summed E-state index contributed by atoms with van der Waals surface area (Å²) in [6, 6.07) is 3.30. The number of imidazole rings is 1. The van der Waals surface area contributed by atoms with E-state index in [2.05, 4.69) is 9.55 Å². The van der Waals surface area contributed by atoms with Crippen LogP contribution in [0, 0.1) is 17.0 Å². The first-order valence-corrected chi connectivity index (χ1v) is 11.7. The molecule has 0 radical (unpaired) electrons. The summed E-state index contributed by atoms with van der Waals surface area (Å²) in [6.07, 6.45) is 10.2. The molecule has 2 aliphatic heterocycles. The number of aliphatic hydroxyl groups is 1. The third-order valence-corrected chi connectivity index (χ3v) is 9.18. The molecule has 7 rings (SSSR count). The highest BCUT2D eigenvalue weighted by molar-refractivity contribution is 5.62. The van der Waals surface area contributed by atoms with Crippen LogP contribution in [0.4, 0.5) is 0 Å². The van der Waals surface area contributed by atoms with Crippen LogP contribution in [-0.4, -0.2) is 55.2 Å². The van der Waals surface area contributed by atoms with Gasteiger partial charge in [0.25, 0.3) is 0 Å². The topological polar surface area (TPSA) is 90.6 Å². The third-order valence-electron chi connectivity index (χ3n) is 9.18. The Morgan fingerprint density at radius 2 is 2.13 bits per heavy atom. The predicted molar refractivity (Wildman–Crippen MR) is 112 cm³/mol. The molecule has 31 heavy (non-hydrogen) atoms. The molecule has 0 amide bonds. The zero-order valence-electron chi connectivity index (χ0n) is 17.6. The van der Waals surface area contributed by atoms with E-state index in [1.807, 2.05) is 18.6 Å². The van der Waals surface area contributed by atoms with Gasteiger partial charge in [-0.3, -0.25) is 0 Å². The van der Waals surface area contributed by atoms with Crippen molar-refractivity contribution < 1.29 is 19.6 Å². The van der Waals surface area contributed by atoms with Gasteiger partial charge in [0.05, 0.1) is 24.8 Å². The molecule has 6 atom stereocenters. The van der Waals surface area contributed by atoms with Crippen LogP contribution in [0.1, 0.15) is 43.2 Å². The van der Waals surface area contributed by atoms with Crippen LogP contribution in [0.2, 0.25) is 0 Å². The molecule has 2 unspecified atom stereocenters. The summed E-state index contributed by atoms with van der Waals surface area (Å²) in [5, 5.41) is 37.3. The normalized spacial score (nSPS) is 42.2. The number of phenolic OH excluding ortho intramolecular Hbond substituents is 1. The molecule has 3 fully saturated rings. The van der Waals surface area contributed by atoms with Crippen molar-refractivity contribution >= 4 is 0 Å². The fourth-order valence-corrected chi connectivity index (χ4v) is 7.71. The number of aromatic hydroxyl groups is 1. The summed E-state index contributed by atoms with van der Waals surface area (Å²) in [4.78, 5) is 4.18. The number of hydroxylamine groups is 3. The molecule has 5 aliphatic rings. The number of quaternary nitrogens is 1. The zero-order chi connectivity index (χ0) is 21.0. The van der Waals surface area contributed by atoms with Crippen molar-refractivity contribution in [2.45, 2.75) is 68.2 Å². The Morgan fingerprint density at radius 3 is 2.90 bits per heavy atom. The number of nitrogens with zero attached hydrogens (tertiary/aromatic N) is 3. The fourth-order valence-electron chi connectivity index (χ4n) is 7.71. The number of phenols is 1. The largest absolute Gasteiger partial charge is 0.632 e. The Hall–Kier alpha value is -2.09. The predicted octanol–water partition coefficient (Wildman–Crippen LogP) is 2.48. The molecule has 2 bridgehead atoms. The van der Waals surface area contributed by atoms with Gasteiger partial charge in [-0.25, -0.2) is 4.98 Å². The minimum atomic E-state index is -1.09. The molecule has 1 aromatic carbocycles. The number of piperidine rings is 1. The second-order valence-corrected chi connectivity index (χ2v) is 10.7. The van der Waals surface area contributed by atoms with Crippen molar-refractivity contribution in [3.8, 4) is 11.5 Å². The fraction of sp³-hybridized carbons (Fsp3) is 0.625. The number of hydrogen-bond acceptors (Lipinski definition) is 5. The van der Waals surface area contributed by atoms with E-state index in [0.717, 1.165) is 36.9 Å². The minimum absolute atomic E-state index is 0.149. The quantitative estimate of drug-likeness (QED) is 0.582. The summed E-state index contributed by atoms with van der Waals surface area (Å²) in [5.74, 6) is 1.39. The van der Waals surface area contributed by atoms with Gasteiger partial charge in [0, 0.05) is 49.2 Å². The SMILES string of the molecule is [O-][N+]1(CC2CC2)CC[C@]23c4c5ccc(O)c4O[C@H]2[C@@H](Cn2ccnc2)CCC3(O)[C@H]1C5. The maximum absolute atomic E-state index is 14.2. The highest BCUT2D eigenvalue weighted by Gasteiger charge is 2.75. The van der Waals surface area contributed by atoms with Gasteiger partial charge in [0.2, 0.25) is 0 Å². The number of rotatable bonds is 4. The van der Waals surface area contributed by atoms with E-state index in [1.54, 1.807) is 12.3 Å². The number of benzene rings is 1. The lowest BCUT2D eigenvalue weighted by atomic mass is 9.47. The number of likely N-dealkylation sites (tertiary alicyclic amines) is 1. The summed E-state index contributed by atoms with van der Waals surface area (Å²) >= 11 is 0. The van der Waals surface area contributed by atoms with Crippen LogP contribution in [0.5, 0.6) is 11.5 Å². The van der Waals surface area contributed by atoms with Gasteiger partial charge in [-0.05, 0) is 37.3 Å². The molecule has 1 spiro atoms. The smallest absolute Gasteiger partial charge is 0.165 e. The van der Waals surface area contributed by atoms with Gasteiger partial charge in [-0.1, -0.05) is 6.07 Å². The van der Waals surface area contributed by atoms with Gasteiger partial charge in [-0.2, -0.15) is 0 Å². The Bertz CT molecular complexity index is 1050. The molecule has 2 N–H and O–H groups in total. The third kappa shape index (κ3) is 2.22. The van der Waals surface area contributed by atoms with Crippen molar-refractivity contribution in [3.05, 3.63) is 47.2 Å². The van der Waals surface area contributed by atoms with Gasteiger partial charge < -0.3 is 29.4 Å². The monoisotopic (exact) mass is 423 g/mol. The van der Waals surface area contributed by atoms with E-state index in [4.69, 9.17) is 4.74 Å². The molecule has 3 aliphatic carbocycles. The average molecular weight is 424 g/mol. The number of aromatic nitrogens is 2. The van der Waals surface area contributed by atoms with Crippen LogP contribution >= 0.6 is 0 Å². The maximum Gasteiger partial charge on any atom is 0.165 e. The van der Waals surface area contributed by atoms with Crippen molar-refractivity contribution in [2.24, 2.45) is 11.8 Å². The molecule has 1 saturated heterocycles. The first-order chi connectivity index (χ1) is 14.9. The van der Waals surface area contributed by atoms with E-state index < -0.39 is 11.0 Å². The van der Waals surface area contributed by atoms with Crippen molar-refractivity contribution in [2.75, 3.05) is 13.1 Å². The Labute approximate surface area is 181 Å². The maximum atomic E-state index is 14.2. The van der Waals surface area contributed by atoms with Crippen molar-refractivity contribution in [1.82, 2.24) is 9.55 Å². The first kappa shape index (κ1) is 18.5. The molecule has 2 saturated carbocycles. The van der Waals surface area contributed by atoms with Crippen LogP contribution < -0.4 is 4.74 Å². The molecule has 1 aromatic heterocycles. The summed E-state index contributed by atoms with van der Waals surface area (Å²) in [7, 11) is 0. The van der Waals surface area contributed by atoms with Crippen LogP contribution in [0.15, 0.2) is 30.9 Å². The lowest BCUT2D eigenvalue weighted by Crippen LogP contribution is -2.80. The van der Waals surface area contributed by atoms with Gasteiger partial charge >= 0.3 is 0 Å². The Kier molecular flexibility index (Phi) is 3.47. The standard InChI is InChI=1S/C24H29N3O4/c28-18-4-3-16-11-19-24(29)6-5-17(12-26-9-8-25-14-26)22-23(24,20(16)21(18)31-22)7-10-27(19,30)13-15-1-2-15/h3-4,8-9,14-15,17,19,22,28-29H,1-2,5-7,10-13H2/t17-,19-,22+,23+,24?,27?/m1/s1. The highest BCUT2D eigenvalue weighted by Crippen LogP contribution is 2.67. The van der Waals surface area contributed by atoms with E-state index in [0.29, 0.717) is 44.0 Å². The van der Waals surface area contributed by atoms with E-state index in [9.17, 15) is 15.4 Å². The molecule has 7 nitrogen and oxygen atoms in total. The lowest BCUT2D eigenvalue weighted by molar-refractivity contribution is -0.924. The molecular formula is C24H29N3O4. The highest BCUT2D eigenvalue weighted by atomic mass is 16.6. The Morgan fingerprint density at radius 1 is 1.26 bits per heavy atom. The molecule has 164 valence electrons. The second kappa shape index (κ2) is 5.82. The number of ether oxygens (including phenoxy) is 1. The van der Waals surface area contributed by atoms with Gasteiger partial charge in [-0.15, -0.1) is 0 Å². The van der Waals surface area contributed by atoms with Crippen LogP contribution in [0.3, 0.4) is 0 Å². The summed E-state index contributed by atoms with van der Waals surface area (Å²) < 4.78 is 8.35. The molecule has 7 heteroatoms. The molecule has 3 heterocycles. The van der Waals surface area contributed by atoms with E-state index in [1.165, 1.54) is 0 Å². The molecular weight excluding hydrogens is 394 g/mol. The lowest BCUT2D eigenvalue weighted by Gasteiger charge is -2.68. The minimum Gasteiger partial charge on any atom is -0.632 e. The van der Waals surface area contributed by atoms with E-state index >= 15 is 0 Å². The van der Waals surface area contributed by atoms with Crippen molar-refractivity contribution in [3.63, 3.8) is 0 Å². The van der Waals surface area contributed by atoms with Gasteiger partial charge in [0.1, 0.15) is 17.7 Å². The molecule has 2 aromatic rings. The van der Waals surface area contributed by atoms with Crippen molar-refractivity contribution in [1.29, 1.82) is 0 Å². The first-order valence-electron chi connectivity index (χ1n) is 11.7. The zero-order valence-corrected chi connectivity index (χ0v) is 17.6. The van der Waals surface area contributed by atoms with Crippen LogP contribution in [0.25, 0.3) is 0 Å². The summed E-state index contributed by atoms with van der Waals surface area (Å²) in [6.45, 7) is 1.92. The van der Waals surface area contributed by atoms with E-state index in [-0.39, 0.29) is 28.5 Å². The number of hydrogen-bond donors (Lipinski definition) is 2. The van der Waals surface area contributed by atoms with Gasteiger partial charge in [0.15, 0.2) is 11.5 Å². The van der Waals surface area contributed by atoms with Crippen LogP contribution in [-0.2, 0) is 18.4 Å².